The molecule has 1 aromatic heterocycles. The maximum atomic E-state index is 12.8. The van der Waals surface area contributed by atoms with Gasteiger partial charge in [0.15, 0.2) is 11.6 Å². The van der Waals surface area contributed by atoms with Gasteiger partial charge in [0, 0.05) is 0 Å². The van der Waals surface area contributed by atoms with Gasteiger partial charge in [-0.15, -0.1) is 0 Å². The molecule has 0 saturated heterocycles. The summed E-state index contributed by atoms with van der Waals surface area (Å²) in [6.07, 6.45) is 0.982. The summed E-state index contributed by atoms with van der Waals surface area (Å²) in [5.41, 5.74) is 0. The van der Waals surface area contributed by atoms with Crippen LogP contribution in [0.5, 0.6) is 6.01 Å². The Labute approximate surface area is 74.6 Å². The van der Waals surface area contributed by atoms with Gasteiger partial charge in [-0.05, 0) is 6.92 Å². The van der Waals surface area contributed by atoms with Gasteiger partial charge in [0.2, 0.25) is 0 Å². The van der Waals surface area contributed by atoms with E-state index >= 15 is 0 Å². The van der Waals surface area contributed by atoms with Gasteiger partial charge in [0.05, 0.1) is 12.8 Å². The van der Waals surface area contributed by atoms with Crippen molar-refractivity contribution in [2.45, 2.75) is 6.92 Å². The predicted molar refractivity (Wildman–Crippen MR) is 43.9 cm³/mol. The summed E-state index contributed by atoms with van der Waals surface area (Å²) in [4.78, 5) is 7.25. The van der Waals surface area contributed by atoms with Crippen molar-refractivity contribution in [1.29, 1.82) is 0 Å². The smallest absolute Gasteiger partial charge is 0.318 e. The van der Waals surface area contributed by atoms with Crippen LogP contribution in [0.1, 0.15) is 6.92 Å². The van der Waals surface area contributed by atoms with Gasteiger partial charge in [-0.2, -0.15) is 4.98 Å². The van der Waals surface area contributed by atoms with Crippen LogP contribution in [0.3, 0.4) is 0 Å². The molecule has 1 heterocycles. The highest BCUT2D eigenvalue weighted by Gasteiger charge is 2.05. The fraction of sp³-hybridized carbons (Fsp3) is 0.429. The first kappa shape index (κ1) is 9.66. The first-order chi connectivity index (χ1) is 6.27. The molecule has 6 heteroatoms. The summed E-state index contributed by atoms with van der Waals surface area (Å²) in [5.74, 6) is -0.696. The SMILES string of the molecule is CCOc1ncc(F)c(NCO)n1. The molecule has 0 amide bonds. The lowest BCUT2D eigenvalue weighted by molar-refractivity contribution is 0.308. The molecule has 0 atom stereocenters. The molecule has 2 N–H and O–H groups in total. The minimum atomic E-state index is -0.627. The van der Waals surface area contributed by atoms with Gasteiger partial charge in [-0.25, -0.2) is 9.37 Å². The van der Waals surface area contributed by atoms with Gasteiger partial charge in [-0.3, -0.25) is 0 Å². The predicted octanol–water partition coefficient (Wildman–Crippen LogP) is 0.376. The molecule has 5 nitrogen and oxygen atoms in total. The number of anilines is 1. The second-order valence-electron chi connectivity index (χ2n) is 2.12. The summed E-state index contributed by atoms with van der Waals surface area (Å²) in [6.45, 7) is 1.79. The molecule has 0 radical (unpaired) electrons. The van der Waals surface area contributed by atoms with E-state index in [1.807, 2.05) is 0 Å². The zero-order chi connectivity index (χ0) is 9.68. The Kier molecular flexibility index (Phi) is 3.39. The van der Waals surface area contributed by atoms with E-state index in [0.29, 0.717) is 6.61 Å². The van der Waals surface area contributed by atoms with Crippen molar-refractivity contribution in [3.8, 4) is 6.01 Å². The van der Waals surface area contributed by atoms with Crippen molar-refractivity contribution in [3.63, 3.8) is 0 Å². The molecule has 72 valence electrons. The topological polar surface area (TPSA) is 67.3 Å². The quantitative estimate of drug-likeness (QED) is 0.667. The number of nitrogens with zero attached hydrogens (tertiary/aromatic N) is 2. The Morgan fingerprint density at radius 1 is 1.69 bits per heavy atom. The lowest BCUT2D eigenvalue weighted by atomic mass is 10.5. The molecule has 13 heavy (non-hydrogen) atoms. The van der Waals surface area contributed by atoms with Crippen molar-refractivity contribution in [3.05, 3.63) is 12.0 Å². The normalized spacial score (nSPS) is 9.77. The van der Waals surface area contributed by atoms with E-state index in [2.05, 4.69) is 15.3 Å². The van der Waals surface area contributed by atoms with Crippen molar-refractivity contribution in [1.82, 2.24) is 9.97 Å². The van der Waals surface area contributed by atoms with E-state index in [4.69, 9.17) is 9.84 Å². The number of aliphatic hydroxyl groups excluding tert-OH is 1. The van der Waals surface area contributed by atoms with Gasteiger partial charge in [0.25, 0.3) is 0 Å². The third-order valence-corrected chi connectivity index (χ3v) is 1.24. The van der Waals surface area contributed by atoms with Gasteiger partial charge in [0.1, 0.15) is 6.73 Å². The molecule has 0 aliphatic carbocycles. The second kappa shape index (κ2) is 4.56. The van der Waals surface area contributed by atoms with Gasteiger partial charge < -0.3 is 15.2 Å². The van der Waals surface area contributed by atoms with Crippen molar-refractivity contribution < 1.29 is 14.2 Å². The maximum Gasteiger partial charge on any atom is 0.318 e. The Hall–Kier alpha value is -1.43. The molecule has 1 aromatic rings. The van der Waals surface area contributed by atoms with Crippen LogP contribution in [0.2, 0.25) is 0 Å². The number of halogens is 1. The number of hydrogen-bond donors (Lipinski definition) is 2. The molecule has 1 rings (SSSR count). The van der Waals surface area contributed by atoms with Crippen molar-refractivity contribution >= 4 is 5.82 Å². The average Bonchev–Trinajstić information content (AvgIpc) is 2.12. The lowest BCUT2D eigenvalue weighted by Crippen LogP contribution is -2.07. The summed E-state index contributed by atoms with van der Waals surface area (Å²) in [5, 5.41) is 10.8. The van der Waals surface area contributed by atoms with E-state index in [1.54, 1.807) is 6.92 Å². The average molecular weight is 187 g/mol. The van der Waals surface area contributed by atoms with Gasteiger partial charge >= 0.3 is 6.01 Å². The highest BCUT2D eigenvalue weighted by Crippen LogP contribution is 2.12. The highest BCUT2D eigenvalue weighted by molar-refractivity contribution is 5.35. The molecule has 0 aromatic carbocycles. The van der Waals surface area contributed by atoms with Crippen LogP contribution < -0.4 is 10.1 Å². The lowest BCUT2D eigenvalue weighted by Gasteiger charge is -2.04. The number of nitrogens with one attached hydrogen (secondary N) is 1. The Bertz CT molecular complexity index is 282. The Balaban J connectivity index is 2.83. The molecule has 0 saturated carbocycles. The molecule has 0 aliphatic heterocycles. The maximum absolute atomic E-state index is 12.8. The molecular formula is C7H10FN3O2. The summed E-state index contributed by atoms with van der Waals surface area (Å²) >= 11 is 0. The van der Waals surface area contributed by atoms with Crippen LogP contribution in [-0.2, 0) is 0 Å². The third-order valence-electron chi connectivity index (χ3n) is 1.24. The molecular weight excluding hydrogens is 177 g/mol. The fourth-order valence-corrected chi connectivity index (χ4v) is 0.748. The minimum absolute atomic E-state index is 0.0686. The minimum Gasteiger partial charge on any atom is -0.464 e. The highest BCUT2D eigenvalue weighted by atomic mass is 19.1. The van der Waals surface area contributed by atoms with E-state index in [-0.39, 0.29) is 18.6 Å². The van der Waals surface area contributed by atoms with Crippen LogP contribution in [0.15, 0.2) is 6.20 Å². The number of aromatic nitrogens is 2. The summed E-state index contributed by atoms with van der Waals surface area (Å²) in [7, 11) is 0. The van der Waals surface area contributed by atoms with E-state index in [1.165, 1.54) is 0 Å². The molecule has 0 bridgehead atoms. The van der Waals surface area contributed by atoms with Crippen LogP contribution in [0, 0.1) is 5.82 Å². The summed E-state index contributed by atoms with van der Waals surface area (Å²) < 4.78 is 17.8. The number of aliphatic hydroxyl groups is 1. The van der Waals surface area contributed by atoms with Crippen LogP contribution in [0.25, 0.3) is 0 Å². The fourth-order valence-electron chi connectivity index (χ4n) is 0.748. The zero-order valence-corrected chi connectivity index (χ0v) is 7.12. The van der Waals surface area contributed by atoms with Crippen LogP contribution in [-0.4, -0.2) is 28.4 Å². The van der Waals surface area contributed by atoms with E-state index in [9.17, 15) is 4.39 Å². The van der Waals surface area contributed by atoms with Gasteiger partial charge in [-0.1, -0.05) is 0 Å². The van der Waals surface area contributed by atoms with Crippen LogP contribution >= 0.6 is 0 Å². The Morgan fingerprint density at radius 2 is 2.46 bits per heavy atom. The van der Waals surface area contributed by atoms with Crippen molar-refractivity contribution in [2.24, 2.45) is 0 Å². The van der Waals surface area contributed by atoms with Crippen LogP contribution in [0.4, 0.5) is 10.2 Å². The number of rotatable bonds is 4. The molecule has 0 fully saturated rings. The molecule has 0 aliphatic rings. The number of ether oxygens (including phenoxy) is 1. The first-order valence-electron chi connectivity index (χ1n) is 3.78. The van der Waals surface area contributed by atoms with E-state index in [0.717, 1.165) is 6.20 Å². The Morgan fingerprint density at radius 3 is 3.08 bits per heavy atom. The standard InChI is InChI=1S/C7H10FN3O2/c1-2-13-7-9-3-5(8)6(11-7)10-4-12/h3,12H,2,4H2,1H3,(H,9,10,11). The molecule has 0 unspecified atom stereocenters. The monoisotopic (exact) mass is 187 g/mol. The summed E-state index contributed by atoms with van der Waals surface area (Å²) in [6, 6.07) is 0.0832. The molecule has 0 spiro atoms. The zero-order valence-electron chi connectivity index (χ0n) is 7.12. The number of hydrogen-bond acceptors (Lipinski definition) is 5. The van der Waals surface area contributed by atoms with E-state index < -0.39 is 5.82 Å². The first-order valence-corrected chi connectivity index (χ1v) is 3.78. The largest absolute Gasteiger partial charge is 0.464 e. The second-order valence-corrected chi connectivity index (χ2v) is 2.12. The van der Waals surface area contributed by atoms with Crippen molar-refractivity contribution in [2.75, 3.05) is 18.7 Å². The third kappa shape index (κ3) is 2.51.